The van der Waals surface area contributed by atoms with E-state index in [1.54, 1.807) is 23.5 Å². The van der Waals surface area contributed by atoms with Gasteiger partial charge in [0.25, 0.3) is 0 Å². The summed E-state index contributed by atoms with van der Waals surface area (Å²) in [4.78, 5) is 20.7. The lowest BCUT2D eigenvalue weighted by Crippen LogP contribution is -2.31. The molecule has 140 valence electrons. The van der Waals surface area contributed by atoms with Gasteiger partial charge in [-0.05, 0) is 49.4 Å². The molecule has 1 saturated heterocycles. The van der Waals surface area contributed by atoms with E-state index >= 15 is 0 Å². The minimum atomic E-state index is 0.0776. The fraction of sp³-hybridized carbons (Fsp3) is 0.300. The zero-order chi connectivity index (χ0) is 18.8. The van der Waals surface area contributed by atoms with Crippen molar-refractivity contribution >= 4 is 69.1 Å². The Bertz CT molecular complexity index is 880. The molecule has 4 rings (SSSR count). The van der Waals surface area contributed by atoms with Gasteiger partial charge >= 0.3 is 0 Å². The third-order valence-electron chi connectivity index (χ3n) is 4.67. The van der Waals surface area contributed by atoms with Crippen LogP contribution in [0, 0.1) is 0 Å². The molecule has 2 heterocycles. The van der Waals surface area contributed by atoms with Crippen molar-refractivity contribution in [2.75, 3.05) is 30.0 Å². The van der Waals surface area contributed by atoms with E-state index in [9.17, 15) is 4.79 Å². The van der Waals surface area contributed by atoms with Crippen LogP contribution in [0.15, 0.2) is 57.2 Å². The van der Waals surface area contributed by atoms with Gasteiger partial charge in [0.1, 0.15) is 4.32 Å². The van der Waals surface area contributed by atoms with Gasteiger partial charge in [0.15, 0.2) is 0 Å². The maximum atomic E-state index is 13.3. The van der Waals surface area contributed by atoms with E-state index in [0.29, 0.717) is 5.75 Å². The number of anilines is 2. The highest BCUT2D eigenvalue weighted by molar-refractivity contribution is 8.23. The number of thioether (sulfide) groups is 2. The Morgan fingerprint density at radius 2 is 1.85 bits per heavy atom. The minimum Gasteiger partial charge on any atom is -0.358 e. The monoisotopic (exact) mass is 432 g/mol. The van der Waals surface area contributed by atoms with Gasteiger partial charge in [0.2, 0.25) is 5.91 Å². The summed E-state index contributed by atoms with van der Waals surface area (Å²) in [5.74, 6) is 0.436. The van der Waals surface area contributed by atoms with E-state index in [0.717, 1.165) is 43.5 Å². The first-order valence-electron chi connectivity index (χ1n) is 8.87. The predicted molar refractivity (Wildman–Crippen MR) is 122 cm³/mol. The van der Waals surface area contributed by atoms with Crippen molar-refractivity contribution in [1.82, 2.24) is 4.90 Å². The number of nitrogens with zero attached hydrogens (tertiary/aromatic N) is 2. The smallest absolute Gasteiger partial charge is 0.242 e. The number of thiocarbonyl (C=S) groups is 1. The Hall–Kier alpha value is -1.15. The van der Waals surface area contributed by atoms with Crippen molar-refractivity contribution in [1.29, 1.82) is 0 Å². The highest BCUT2D eigenvalue weighted by Gasteiger charge is 2.29. The molecule has 1 fully saturated rings. The fourth-order valence-corrected chi connectivity index (χ4v) is 5.88. The largest absolute Gasteiger partial charge is 0.358 e. The minimum absolute atomic E-state index is 0.0776. The Morgan fingerprint density at radius 1 is 1.11 bits per heavy atom. The summed E-state index contributed by atoms with van der Waals surface area (Å²) in [6, 6.07) is 14.5. The number of hydrogen-bond donors (Lipinski definition) is 0. The molecule has 0 N–H and O–H groups in total. The first kappa shape index (κ1) is 19.2. The van der Waals surface area contributed by atoms with Crippen molar-refractivity contribution in [2.24, 2.45) is 0 Å². The first-order chi connectivity index (χ1) is 13.2. The second-order valence-corrected chi connectivity index (χ2v) is 9.95. The number of likely N-dealkylation sites (tertiary alicyclic amines) is 1. The van der Waals surface area contributed by atoms with Crippen LogP contribution in [0.5, 0.6) is 0 Å². The molecule has 0 aliphatic carbocycles. The maximum Gasteiger partial charge on any atom is 0.242 e. The van der Waals surface area contributed by atoms with Crippen molar-refractivity contribution in [3.05, 3.63) is 42.5 Å². The number of fused-ring (bicyclic) bond motifs is 2. The molecule has 27 heavy (non-hydrogen) atoms. The normalized spacial score (nSPS) is 15.4. The topological polar surface area (TPSA) is 23.6 Å². The highest BCUT2D eigenvalue weighted by atomic mass is 32.2. The van der Waals surface area contributed by atoms with E-state index in [1.165, 1.54) is 24.6 Å². The molecule has 2 aromatic carbocycles. The van der Waals surface area contributed by atoms with E-state index in [2.05, 4.69) is 35.4 Å². The van der Waals surface area contributed by atoms with Crippen LogP contribution < -0.4 is 4.90 Å². The molecule has 0 saturated carbocycles. The van der Waals surface area contributed by atoms with Crippen molar-refractivity contribution in [2.45, 2.75) is 27.5 Å². The second kappa shape index (κ2) is 8.47. The van der Waals surface area contributed by atoms with Crippen LogP contribution in [0.2, 0.25) is 0 Å². The van der Waals surface area contributed by atoms with Crippen molar-refractivity contribution in [3.63, 3.8) is 0 Å². The Morgan fingerprint density at radius 3 is 2.63 bits per heavy atom. The Balaban J connectivity index is 1.60. The van der Waals surface area contributed by atoms with Gasteiger partial charge < -0.3 is 4.90 Å². The average molecular weight is 433 g/mol. The summed E-state index contributed by atoms with van der Waals surface area (Å²) in [5.41, 5.74) is 1.94. The average Bonchev–Trinajstić information content (AvgIpc) is 3.24. The molecular formula is C20H20N2OS4. The molecule has 1 amide bonds. The number of benzene rings is 2. The Kier molecular flexibility index (Phi) is 6.02. The van der Waals surface area contributed by atoms with Crippen LogP contribution in [0.1, 0.15) is 12.8 Å². The summed E-state index contributed by atoms with van der Waals surface area (Å²) in [6.45, 7) is 2.03. The molecule has 7 heteroatoms. The zero-order valence-electron chi connectivity index (χ0n) is 15.0. The fourth-order valence-electron chi connectivity index (χ4n) is 3.31. The summed E-state index contributed by atoms with van der Waals surface area (Å²) >= 11 is 10.4. The molecule has 2 aliphatic rings. The lowest BCUT2D eigenvalue weighted by molar-refractivity contribution is -0.115. The number of carbonyl (C=O) groups is 1. The van der Waals surface area contributed by atoms with E-state index in [1.807, 2.05) is 23.1 Å². The number of amides is 1. The summed E-state index contributed by atoms with van der Waals surface area (Å²) in [7, 11) is 0. The van der Waals surface area contributed by atoms with E-state index < -0.39 is 0 Å². The lowest BCUT2D eigenvalue weighted by Gasteiger charge is -2.31. The summed E-state index contributed by atoms with van der Waals surface area (Å²) < 4.78 is 0.846. The van der Waals surface area contributed by atoms with Gasteiger partial charge in [-0.3, -0.25) is 9.69 Å². The zero-order valence-corrected chi connectivity index (χ0v) is 18.3. The summed E-state index contributed by atoms with van der Waals surface area (Å²) in [5, 5.41) is 0. The standard InChI is InChI=1S/C20H20N2OS4/c1-25-14-8-9-18-16(12-14)22(15-6-2-3-7-17(15)27-18)19(23)13-26-20(24)21-10-4-5-11-21/h2-3,6-9,12H,4-5,10-11,13H2,1H3. The van der Waals surface area contributed by atoms with Crippen LogP contribution in [-0.4, -0.2) is 40.2 Å². The number of para-hydroxylation sites is 1. The van der Waals surface area contributed by atoms with Crippen LogP contribution in [-0.2, 0) is 4.79 Å². The van der Waals surface area contributed by atoms with E-state index in [4.69, 9.17) is 12.2 Å². The molecule has 0 bridgehead atoms. The van der Waals surface area contributed by atoms with Crippen LogP contribution in [0.3, 0.4) is 0 Å². The summed E-state index contributed by atoms with van der Waals surface area (Å²) in [6.07, 6.45) is 4.44. The second-order valence-electron chi connectivity index (χ2n) is 6.38. The maximum absolute atomic E-state index is 13.3. The van der Waals surface area contributed by atoms with E-state index in [-0.39, 0.29) is 5.91 Å². The van der Waals surface area contributed by atoms with Crippen molar-refractivity contribution < 1.29 is 4.79 Å². The van der Waals surface area contributed by atoms with Gasteiger partial charge in [-0.1, -0.05) is 47.9 Å². The SMILES string of the molecule is CSc1ccc2c(c1)N(C(=O)CSC(=S)N1CCCC1)c1ccccc1S2. The molecule has 3 nitrogen and oxygen atoms in total. The molecule has 0 unspecified atom stereocenters. The van der Waals surface area contributed by atoms with Crippen LogP contribution in [0.25, 0.3) is 0 Å². The number of carbonyl (C=O) groups excluding carboxylic acids is 1. The van der Waals surface area contributed by atoms with Gasteiger partial charge in [0.05, 0.1) is 17.1 Å². The third-order valence-corrected chi connectivity index (χ3v) is 8.03. The van der Waals surface area contributed by atoms with Gasteiger partial charge in [-0.15, -0.1) is 11.8 Å². The number of rotatable bonds is 3. The number of hydrogen-bond acceptors (Lipinski definition) is 5. The molecule has 2 aliphatic heterocycles. The molecule has 2 aromatic rings. The third kappa shape index (κ3) is 4.01. The van der Waals surface area contributed by atoms with Gasteiger partial charge in [0, 0.05) is 27.8 Å². The molecule has 0 radical (unpaired) electrons. The Labute approximate surface area is 178 Å². The quantitative estimate of drug-likeness (QED) is 0.459. The molecule has 0 atom stereocenters. The first-order valence-corrected chi connectivity index (χ1v) is 12.3. The lowest BCUT2D eigenvalue weighted by atomic mass is 10.2. The van der Waals surface area contributed by atoms with Gasteiger partial charge in [-0.25, -0.2) is 0 Å². The predicted octanol–water partition coefficient (Wildman–Crippen LogP) is 5.65. The molecular weight excluding hydrogens is 413 g/mol. The van der Waals surface area contributed by atoms with Crippen molar-refractivity contribution in [3.8, 4) is 0 Å². The van der Waals surface area contributed by atoms with Gasteiger partial charge in [-0.2, -0.15) is 0 Å². The van der Waals surface area contributed by atoms with Crippen LogP contribution >= 0.6 is 47.5 Å². The van der Waals surface area contributed by atoms with Crippen LogP contribution in [0.4, 0.5) is 11.4 Å². The molecule has 0 spiro atoms. The highest BCUT2D eigenvalue weighted by Crippen LogP contribution is 2.49. The molecule has 0 aromatic heterocycles.